The number of ether oxygens (including phenoxy) is 2. The molecule has 2 aromatic carbocycles. The second-order valence-corrected chi connectivity index (χ2v) is 7.79. The van der Waals surface area contributed by atoms with E-state index >= 15 is 0 Å². The van der Waals surface area contributed by atoms with Crippen LogP contribution in [0.4, 0.5) is 9.93 Å². The molecule has 0 aliphatic carbocycles. The zero-order chi connectivity index (χ0) is 20.2. The number of carbonyl (C=O) groups excluding carboxylic acids is 1. The van der Waals surface area contributed by atoms with Gasteiger partial charge in [0.15, 0.2) is 5.13 Å². The molecule has 0 bridgehead atoms. The van der Waals surface area contributed by atoms with Gasteiger partial charge in [-0.05, 0) is 29.8 Å². The third-order valence-corrected chi connectivity index (χ3v) is 6.11. The van der Waals surface area contributed by atoms with E-state index in [2.05, 4.69) is 16.3 Å². The number of nitrogens with one attached hydrogen (secondary N) is 1. The topological polar surface area (TPSA) is 66.9 Å². The highest BCUT2D eigenvalue weighted by Crippen LogP contribution is 2.34. The van der Waals surface area contributed by atoms with Gasteiger partial charge in [-0.15, -0.1) is 0 Å². The van der Waals surface area contributed by atoms with E-state index in [1.165, 1.54) is 0 Å². The Bertz CT molecular complexity index is 981. The van der Waals surface area contributed by atoms with Gasteiger partial charge < -0.3 is 24.6 Å². The minimum atomic E-state index is -0.0357. The number of anilines is 1. The molecule has 4 rings (SSSR count). The zero-order valence-electron chi connectivity index (χ0n) is 16.6. The van der Waals surface area contributed by atoms with Crippen LogP contribution in [0.5, 0.6) is 11.5 Å². The van der Waals surface area contributed by atoms with E-state index in [1.807, 2.05) is 41.3 Å². The second-order valence-electron chi connectivity index (χ2n) is 6.78. The number of hydrogen-bond donors (Lipinski definition) is 1. The van der Waals surface area contributed by atoms with Gasteiger partial charge >= 0.3 is 6.03 Å². The van der Waals surface area contributed by atoms with Crippen LogP contribution in [0.2, 0.25) is 0 Å². The summed E-state index contributed by atoms with van der Waals surface area (Å²) >= 11 is 1.66. The first-order chi connectivity index (χ1) is 14.2. The fourth-order valence-corrected chi connectivity index (χ4v) is 4.38. The number of para-hydroxylation sites is 1. The smallest absolute Gasteiger partial charge is 0.317 e. The number of benzene rings is 2. The summed E-state index contributed by atoms with van der Waals surface area (Å²) in [5.74, 6) is 1.60. The van der Waals surface area contributed by atoms with Crippen LogP contribution in [-0.2, 0) is 6.54 Å². The molecule has 7 nitrogen and oxygen atoms in total. The quantitative estimate of drug-likeness (QED) is 0.696. The van der Waals surface area contributed by atoms with Gasteiger partial charge in [0.2, 0.25) is 0 Å². The molecule has 1 aliphatic heterocycles. The number of urea groups is 1. The molecular formula is C21H24N4O3S. The molecule has 1 N–H and O–H groups in total. The Hall–Kier alpha value is -3.00. The van der Waals surface area contributed by atoms with E-state index in [0.717, 1.165) is 45.5 Å². The largest absolute Gasteiger partial charge is 0.497 e. The number of methoxy groups -OCH3 is 2. The first-order valence-electron chi connectivity index (χ1n) is 9.52. The Labute approximate surface area is 173 Å². The lowest BCUT2D eigenvalue weighted by atomic mass is 10.2. The van der Waals surface area contributed by atoms with Crippen molar-refractivity contribution in [3.8, 4) is 11.5 Å². The van der Waals surface area contributed by atoms with Gasteiger partial charge in [0.1, 0.15) is 17.0 Å². The fourth-order valence-electron chi connectivity index (χ4n) is 3.35. The minimum Gasteiger partial charge on any atom is -0.497 e. The van der Waals surface area contributed by atoms with Crippen molar-refractivity contribution in [2.75, 3.05) is 45.3 Å². The summed E-state index contributed by atoms with van der Waals surface area (Å²) < 4.78 is 11.7. The number of amides is 2. The van der Waals surface area contributed by atoms with Crippen molar-refractivity contribution in [3.63, 3.8) is 0 Å². The molecule has 0 radical (unpaired) electrons. The van der Waals surface area contributed by atoms with Crippen molar-refractivity contribution in [3.05, 3.63) is 48.0 Å². The number of rotatable bonds is 5. The molecule has 2 heterocycles. The third-order valence-electron chi connectivity index (χ3n) is 5.03. The lowest BCUT2D eigenvalue weighted by Gasteiger charge is -2.34. The van der Waals surface area contributed by atoms with Crippen molar-refractivity contribution in [2.24, 2.45) is 0 Å². The maximum atomic E-state index is 12.5. The molecule has 1 saturated heterocycles. The summed E-state index contributed by atoms with van der Waals surface area (Å²) in [6.45, 7) is 3.36. The lowest BCUT2D eigenvalue weighted by molar-refractivity contribution is 0.194. The van der Waals surface area contributed by atoms with Crippen LogP contribution in [0.25, 0.3) is 10.2 Å². The van der Waals surface area contributed by atoms with Crippen LogP contribution in [0.1, 0.15) is 5.56 Å². The third kappa shape index (κ3) is 4.22. The van der Waals surface area contributed by atoms with Crippen molar-refractivity contribution >= 4 is 32.7 Å². The number of fused-ring (bicyclic) bond motifs is 1. The molecule has 1 fully saturated rings. The SMILES string of the molecule is COc1ccc(CNC(=O)N2CCN(c3nc4c(OC)cccc4s3)CC2)cc1. The van der Waals surface area contributed by atoms with Crippen LogP contribution in [0.15, 0.2) is 42.5 Å². The summed E-state index contributed by atoms with van der Waals surface area (Å²) in [6.07, 6.45) is 0. The van der Waals surface area contributed by atoms with E-state index in [-0.39, 0.29) is 6.03 Å². The maximum absolute atomic E-state index is 12.5. The molecule has 0 unspecified atom stereocenters. The monoisotopic (exact) mass is 412 g/mol. The van der Waals surface area contributed by atoms with Gasteiger partial charge in [-0.1, -0.05) is 29.5 Å². The highest BCUT2D eigenvalue weighted by atomic mass is 32.1. The van der Waals surface area contributed by atoms with Crippen molar-refractivity contribution in [1.29, 1.82) is 0 Å². The van der Waals surface area contributed by atoms with Gasteiger partial charge in [0.25, 0.3) is 0 Å². The van der Waals surface area contributed by atoms with Gasteiger partial charge in [0.05, 0.1) is 18.9 Å². The molecule has 29 heavy (non-hydrogen) atoms. The standard InChI is InChI=1S/C21H24N4O3S/c1-27-16-8-6-15(7-9-16)14-22-20(26)24-10-12-25(13-11-24)21-23-19-17(28-2)4-3-5-18(19)29-21/h3-9H,10-14H2,1-2H3,(H,22,26). The van der Waals surface area contributed by atoms with Gasteiger partial charge in [-0.25, -0.2) is 9.78 Å². The summed E-state index contributed by atoms with van der Waals surface area (Å²) in [6, 6.07) is 13.6. The van der Waals surface area contributed by atoms with Crippen LogP contribution >= 0.6 is 11.3 Å². The molecule has 1 aromatic heterocycles. The highest BCUT2D eigenvalue weighted by molar-refractivity contribution is 7.22. The zero-order valence-corrected chi connectivity index (χ0v) is 17.4. The number of nitrogens with zero attached hydrogens (tertiary/aromatic N) is 3. The maximum Gasteiger partial charge on any atom is 0.317 e. The Morgan fingerprint density at radius 2 is 1.83 bits per heavy atom. The molecule has 0 atom stereocenters. The first kappa shape index (κ1) is 19.3. The summed E-state index contributed by atoms with van der Waals surface area (Å²) in [7, 11) is 3.30. The van der Waals surface area contributed by atoms with Crippen LogP contribution < -0.4 is 19.7 Å². The van der Waals surface area contributed by atoms with Crippen molar-refractivity contribution in [1.82, 2.24) is 15.2 Å². The van der Waals surface area contributed by atoms with Crippen LogP contribution in [-0.4, -0.2) is 56.3 Å². The van der Waals surface area contributed by atoms with Crippen molar-refractivity contribution < 1.29 is 14.3 Å². The second kappa shape index (κ2) is 8.57. The number of carbonyl (C=O) groups is 1. The Balaban J connectivity index is 1.32. The number of thiazole rings is 1. The Morgan fingerprint density at radius 1 is 1.07 bits per heavy atom. The van der Waals surface area contributed by atoms with E-state index < -0.39 is 0 Å². The van der Waals surface area contributed by atoms with Crippen LogP contribution in [0, 0.1) is 0 Å². The molecule has 2 amide bonds. The average Bonchev–Trinajstić information content (AvgIpc) is 3.22. The molecule has 8 heteroatoms. The van der Waals surface area contributed by atoms with Crippen molar-refractivity contribution in [2.45, 2.75) is 6.54 Å². The fraction of sp³-hybridized carbons (Fsp3) is 0.333. The van der Waals surface area contributed by atoms with Gasteiger partial charge in [0, 0.05) is 32.7 Å². The molecular weight excluding hydrogens is 388 g/mol. The average molecular weight is 413 g/mol. The Morgan fingerprint density at radius 3 is 2.52 bits per heavy atom. The molecule has 0 spiro atoms. The minimum absolute atomic E-state index is 0.0357. The summed E-state index contributed by atoms with van der Waals surface area (Å²) in [5, 5.41) is 3.97. The van der Waals surface area contributed by atoms with Gasteiger partial charge in [-0.3, -0.25) is 0 Å². The van der Waals surface area contributed by atoms with E-state index in [0.29, 0.717) is 19.6 Å². The number of aromatic nitrogens is 1. The molecule has 152 valence electrons. The normalized spacial score (nSPS) is 14.1. The van der Waals surface area contributed by atoms with Crippen LogP contribution in [0.3, 0.4) is 0 Å². The number of piperazine rings is 1. The first-order valence-corrected chi connectivity index (χ1v) is 10.3. The van der Waals surface area contributed by atoms with E-state index in [4.69, 9.17) is 14.5 Å². The predicted molar refractivity (Wildman–Crippen MR) is 115 cm³/mol. The predicted octanol–water partition coefficient (Wildman–Crippen LogP) is 3.35. The number of hydrogen-bond acceptors (Lipinski definition) is 6. The van der Waals surface area contributed by atoms with Gasteiger partial charge in [-0.2, -0.15) is 0 Å². The molecule has 1 aliphatic rings. The lowest BCUT2D eigenvalue weighted by Crippen LogP contribution is -2.51. The van der Waals surface area contributed by atoms with E-state index in [1.54, 1.807) is 25.6 Å². The summed E-state index contributed by atoms with van der Waals surface area (Å²) in [5.41, 5.74) is 1.94. The highest BCUT2D eigenvalue weighted by Gasteiger charge is 2.23. The molecule has 3 aromatic rings. The Kier molecular flexibility index (Phi) is 5.71. The summed E-state index contributed by atoms with van der Waals surface area (Å²) in [4.78, 5) is 21.4. The molecule has 0 saturated carbocycles. The van der Waals surface area contributed by atoms with E-state index in [9.17, 15) is 4.79 Å².